The molecule has 0 radical (unpaired) electrons. The topological polar surface area (TPSA) is 60.5 Å². The van der Waals surface area contributed by atoms with Crippen LogP contribution in [0.2, 0.25) is 0 Å². The maximum absolute atomic E-state index is 13.3. The molecular formula is C18H14FN3O2S. The number of thioether (sulfide) groups is 1. The predicted octanol–water partition coefficient (Wildman–Crippen LogP) is 4.54. The molecule has 126 valence electrons. The maximum atomic E-state index is 13.3. The molecule has 0 aliphatic carbocycles. The molecule has 2 aromatic carbocycles. The van der Waals surface area contributed by atoms with E-state index in [1.54, 1.807) is 12.1 Å². The van der Waals surface area contributed by atoms with Gasteiger partial charge in [0.05, 0.1) is 5.75 Å². The molecule has 1 aliphatic heterocycles. The van der Waals surface area contributed by atoms with E-state index < -0.39 is 0 Å². The monoisotopic (exact) mass is 355 g/mol. The summed E-state index contributed by atoms with van der Waals surface area (Å²) >= 11 is 1.48. The third-order valence-electron chi connectivity index (χ3n) is 3.62. The lowest BCUT2D eigenvalue weighted by atomic mass is 10.2. The van der Waals surface area contributed by atoms with Gasteiger partial charge in [0, 0.05) is 5.56 Å². The molecule has 0 amide bonds. The third kappa shape index (κ3) is 3.56. The lowest BCUT2D eigenvalue weighted by Crippen LogP contribution is -2.12. The lowest BCUT2D eigenvalue weighted by Gasteiger charge is -2.16. The maximum Gasteiger partial charge on any atom is 0.237 e. The number of ether oxygens (including phenoxy) is 1. The van der Waals surface area contributed by atoms with E-state index in [0.717, 1.165) is 22.0 Å². The van der Waals surface area contributed by atoms with Crippen LogP contribution in [0.1, 0.15) is 11.5 Å². The van der Waals surface area contributed by atoms with Crippen LogP contribution in [-0.2, 0) is 5.75 Å². The number of aromatic nitrogens is 2. The first-order valence-corrected chi connectivity index (χ1v) is 8.68. The largest absolute Gasteiger partial charge is 0.484 e. The van der Waals surface area contributed by atoms with Gasteiger partial charge in [-0.3, -0.25) is 0 Å². The van der Waals surface area contributed by atoms with Crippen LogP contribution in [0, 0.1) is 12.7 Å². The number of halogens is 1. The van der Waals surface area contributed by atoms with Crippen molar-refractivity contribution in [2.45, 2.75) is 12.7 Å². The van der Waals surface area contributed by atoms with Gasteiger partial charge in [-0.15, -0.1) is 0 Å². The molecule has 0 N–H and O–H groups in total. The van der Waals surface area contributed by atoms with Crippen molar-refractivity contribution in [1.82, 2.24) is 10.1 Å². The van der Waals surface area contributed by atoms with Gasteiger partial charge in [-0.05, 0) is 36.8 Å². The Hall–Kier alpha value is -2.67. The summed E-state index contributed by atoms with van der Waals surface area (Å²) in [5.41, 5.74) is 2.55. The van der Waals surface area contributed by atoms with Crippen LogP contribution >= 0.6 is 11.8 Å². The Morgan fingerprint density at radius 1 is 1.20 bits per heavy atom. The SMILES string of the molecule is Cc1ccc2c(c1)OCC(SCc1nc(-c3cccc(F)c3)no1)=N2. The fourth-order valence-electron chi connectivity index (χ4n) is 2.41. The van der Waals surface area contributed by atoms with E-state index in [0.29, 0.717) is 29.6 Å². The number of hydrogen-bond donors (Lipinski definition) is 0. The first-order valence-electron chi connectivity index (χ1n) is 7.70. The minimum Gasteiger partial charge on any atom is -0.484 e. The molecule has 0 unspecified atom stereocenters. The van der Waals surface area contributed by atoms with Gasteiger partial charge in [0.1, 0.15) is 28.9 Å². The molecule has 4 rings (SSSR count). The van der Waals surface area contributed by atoms with E-state index in [2.05, 4.69) is 15.1 Å². The zero-order valence-electron chi connectivity index (χ0n) is 13.4. The van der Waals surface area contributed by atoms with Gasteiger partial charge in [0.15, 0.2) is 0 Å². The van der Waals surface area contributed by atoms with Crippen LogP contribution < -0.4 is 4.74 Å². The van der Waals surface area contributed by atoms with Gasteiger partial charge in [0.25, 0.3) is 0 Å². The fraction of sp³-hybridized carbons (Fsp3) is 0.167. The molecule has 3 aromatic rings. The van der Waals surface area contributed by atoms with Crippen LogP contribution in [-0.4, -0.2) is 21.8 Å². The molecule has 2 heterocycles. The Balaban J connectivity index is 1.45. The molecule has 5 nitrogen and oxygen atoms in total. The summed E-state index contributed by atoms with van der Waals surface area (Å²) in [7, 11) is 0. The van der Waals surface area contributed by atoms with Crippen molar-refractivity contribution in [2.75, 3.05) is 6.61 Å². The second-order valence-corrected chi connectivity index (χ2v) is 6.62. The highest BCUT2D eigenvalue weighted by molar-refractivity contribution is 8.13. The van der Waals surface area contributed by atoms with Crippen LogP contribution in [0.15, 0.2) is 52.0 Å². The van der Waals surface area contributed by atoms with Crippen molar-refractivity contribution in [2.24, 2.45) is 4.99 Å². The van der Waals surface area contributed by atoms with Crippen molar-refractivity contribution < 1.29 is 13.7 Å². The van der Waals surface area contributed by atoms with Crippen LogP contribution in [0.3, 0.4) is 0 Å². The quantitative estimate of drug-likeness (QED) is 0.690. The summed E-state index contributed by atoms with van der Waals surface area (Å²) in [5, 5.41) is 4.75. The van der Waals surface area contributed by atoms with Crippen molar-refractivity contribution in [3.8, 4) is 17.1 Å². The average Bonchev–Trinajstić information content (AvgIpc) is 3.09. The van der Waals surface area contributed by atoms with Gasteiger partial charge >= 0.3 is 0 Å². The molecule has 25 heavy (non-hydrogen) atoms. The van der Waals surface area contributed by atoms with Gasteiger partial charge in [-0.2, -0.15) is 4.98 Å². The van der Waals surface area contributed by atoms with E-state index in [9.17, 15) is 4.39 Å². The first-order chi connectivity index (χ1) is 12.2. The Bertz CT molecular complexity index is 955. The number of benzene rings is 2. The van der Waals surface area contributed by atoms with Gasteiger partial charge in [-0.25, -0.2) is 9.38 Å². The Kier molecular flexibility index (Phi) is 4.23. The van der Waals surface area contributed by atoms with Crippen molar-refractivity contribution in [3.63, 3.8) is 0 Å². The highest BCUT2D eigenvalue weighted by Crippen LogP contribution is 2.33. The van der Waals surface area contributed by atoms with Gasteiger partial charge in [-0.1, -0.05) is 35.1 Å². The van der Waals surface area contributed by atoms with E-state index in [-0.39, 0.29) is 5.82 Å². The zero-order valence-corrected chi connectivity index (χ0v) is 14.2. The predicted molar refractivity (Wildman–Crippen MR) is 94.8 cm³/mol. The Morgan fingerprint density at radius 3 is 3.00 bits per heavy atom. The zero-order chi connectivity index (χ0) is 17.2. The summed E-state index contributed by atoms with van der Waals surface area (Å²) in [5.74, 6) is 1.78. The molecular weight excluding hydrogens is 341 g/mol. The highest BCUT2D eigenvalue weighted by atomic mass is 32.2. The molecule has 1 aliphatic rings. The van der Waals surface area contributed by atoms with Gasteiger partial charge < -0.3 is 9.26 Å². The molecule has 7 heteroatoms. The number of rotatable bonds is 3. The minimum absolute atomic E-state index is 0.333. The summed E-state index contributed by atoms with van der Waals surface area (Å²) < 4.78 is 24.2. The second kappa shape index (κ2) is 6.68. The Labute approximate surface area is 147 Å². The standard InChI is InChI=1S/C18H14FN3O2S/c1-11-5-6-14-15(7-11)23-9-17(20-14)25-10-16-21-18(22-24-16)12-3-2-4-13(19)8-12/h2-8H,9-10H2,1H3. The van der Waals surface area contributed by atoms with Crippen LogP contribution in [0.5, 0.6) is 5.75 Å². The summed E-state index contributed by atoms with van der Waals surface area (Å²) in [6.45, 7) is 2.44. The average molecular weight is 355 g/mol. The van der Waals surface area contributed by atoms with Crippen molar-refractivity contribution >= 4 is 22.5 Å². The van der Waals surface area contributed by atoms with Crippen molar-refractivity contribution in [1.29, 1.82) is 0 Å². The van der Waals surface area contributed by atoms with Crippen molar-refractivity contribution in [3.05, 3.63) is 59.7 Å². The summed E-state index contributed by atoms with van der Waals surface area (Å²) in [6.07, 6.45) is 0. The van der Waals surface area contributed by atoms with E-state index in [1.807, 2.05) is 25.1 Å². The fourth-order valence-corrected chi connectivity index (χ4v) is 3.13. The number of aryl methyl sites for hydroxylation is 1. The summed E-state index contributed by atoms with van der Waals surface area (Å²) in [4.78, 5) is 8.89. The molecule has 0 fully saturated rings. The molecule has 0 saturated heterocycles. The van der Waals surface area contributed by atoms with E-state index in [1.165, 1.54) is 23.9 Å². The lowest BCUT2D eigenvalue weighted by molar-refractivity contribution is 0.375. The second-order valence-electron chi connectivity index (χ2n) is 5.58. The number of aliphatic imine (C=N–C) groups is 1. The third-order valence-corrected chi connectivity index (χ3v) is 4.56. The van der Waals surface area contributed by atoms with Gasteiger partial charge in [0.2, 0.25) is 11.7 Å². The Morgan fingerprint density at radius 2 is 2.12 bits per heavy atom. The number of fused-ring (bicyclic) bond motifs is 1. The number of hydrogen-bond acceptors (Lipinski definition) is 6. The smallest absolute Gasteiger partial charge is 0.237 e. The van der Waals surface area contributed by atoms with Crippen LogP contribution in [0.25, 0.3) is 11.4 Å². The van der Waals surface area contributed by atoms with E-state index in [4.69, 9.17) is 9.26 Å². The minimum atomic E-state index is -0.333. The molecule has 1 aromatic heterocycles. The first kappa shape index (κ1) is 15.8. The molecule has 0 atom stereocenters. The highest BCUT2D eigenvalue weighted by Gasteiger charge is 2.16. The normalized spacial score (nSPS) is 13.1. The van der Waals surface area contributed by atoms with Crippen LogP contribution in [0.4, 0.5) is 10.1 Å². The number of nitrogens with zero attached hydrogens (tertiary/aromatic N) is 3. The van der Waals surface area contributed by atoms with E-state index >= 15 is 0 Å². The summed E-state index contributed by atoms with van der Waals surface area (Å²) in [6, 6.07) is 12.0. The molecule has 0 saturated carbocycles. The molecule has 0 spiro atoms. The molecule has 0 bridgehead atoms.